The number of hydrogen-bond donors (Lipinski definition) is 0. The lowest BCUT2D eigenvalue weighted by Gasteiger charge is -2.12. The van der Waals surface area contributed by atoms with Crippen molar-refractivity contribution < 1.29 is 40.1 Å². The number of para-hydroxylation sites is 1. The number of esters is 1. The molecule has 0 aromatic heterocycles. The van der Waals surface area contributed by atoms with Crippen molar-refractivity contribution in [2.75, 3.05) is 0 Å². The zero-order valence-corrected chi connectivity index (χ0v) is 13.9. The van der Waals surface area contributed by atoms with Gasteiger partial charge in [-0.1, -0.05) is 24.3 Å². The molecule has 0 aliphatic heterocycles. The maximum absolute atomic E-state index is 12.5. The molecule has 138 valence electrons. The van der Waals surface area contributed by atoms with Crippen LogP contribution in [0.1, 0.15) is 22.8 Å². The molecule has 0 saturated heterocycles. The summed E-state index contributed by atoms with van der Waals surface area (Å²) in [5.41, 5.74) is -6.08. The Hall–Kier alpha value is -2.88. The number of ether oxygens (including phenoxy) is 1. The minimum atomic E-state index is -5.93. The maximum Gasteiger partial charge on any atom is 0.534 e. The third-order valence-electron chi connectivity index (χ3n) is 2.97. The lowest BCUT2D eigenvalue weighted by atomic mass is 10.0. The Kier molecular flexibility index (Phi) is 5.36. The SMILES string of the molecule is CC(=O)Oc1cccc(C(=O)c2ccccc2OS(=O)(=O)C(F)(F)F)c1. The Bertz CT molecular complexity index is 950. The summed E-state index contributed by atoms with van der Waals surface area (Å²) in [4.78, 5) is 23.5. The molecule has 0 amide bonds. The van der Waals surface area contributed by atoms with Gasteiger partial charge in [-0.3, -0.25) is 9.59 Å². The number of alkyl halides is 3. The summed E-state index contributed by atoms with van der Waals surface area (Å²) in [6, 6.07) is 9.89. The normalized spacial score (nSPS) is 11.7. The highest BCUT2D eigenvalue weighted by Crippen LogP contribution is 2.30. The third kappa shape index (κ3) is 4.39. The molecule has 0 unspecified atom stereocenters. The number of ketones is 1. The Balaban J connectivity index is 2.41. The fraction of sp³-hybridized carbons (Fsp3) is 0.125. The van der Waals surface area contributed by atoms with Crippen LogP contribution in [-0.4, -0.2) is 25.7 Å². The van der Waals surface area contributed by atoms with E-state index in [0.717, 1.165) is 19.1 Å². The van der Waals surface area contributed by atoms with Gasteiger partial charge in [0.25, 0.3) is 0 Å². The molecule has 0 radical (unpaired) electrons. The van der Waals surface area contributed by atoms with E-state index in [4.69, 9.17) is 4.74 Å². The molecule has 0 atom stereocenters. The Morgan fingerprint density at radius 1 is 1.00 bits per heavy atom. The largest absolute Gasteiger partial charge is 0.534 e. The average molecular weight is 388 g/mol. The molecule has 0 aliphatic rings. The fourth-order valence-corrected chi connectivity index (χ4v) is 2.39. The van der Waals surface area contributed by atoms with Crippen LogP contribution in [0.3, 0.4) is 0 Å². The first-order valence-corrected chi connectivity index (χ1v) is 8.35. The van der Waals surface area contributed by atoms with Gasteiger partial charge in [0.15, 0.2) is 11.5 Å². The highest BCUT2D eigenvalue weighted by atomic mass is 32.2. The van der Waals surface area contributed by atoms with Gasteiger partial charge in [-0.05, 0) is 24.3 Å². The molecule has 0 aliphatic carbocycles. The van der Waals surface area contributed by atoms with E-state index >= 15 is 0 Å². The average Bonchev–Trinajstić information content (AvgIpc) is 2.53. The summed E-state index contributed by atoms with van der Waals surface area (Å²) in [6.07, 6.45) is 0. The van der Waals surface area contributed by atoms with Crippen LogP contribution in [0, 0.1) is 0 Å². The smallest absolute Gasteiger partial charge is 0.427 e. The Morgan fingerprint density at radius 2 is 1.65 bits per heavy atom. The topological polar surface area (TPSA) is 86.7 Å². The number of carbonyl (C=O) groups is 2. The molecule has 0 bridgehead atoms. The van der Waals surface area contributed by atoms with E-state index < -0.39 is 38.7 Å². The van der Waals surface area contributed by atoms with Crippen molar-refractivity contribution in [3.63, 3.8) is 0 Å². The Labute approximate surface area is 146 Å². The maximum atomic E-state index is 12.5. The lowest BCUT2D eigenvalue weighted by Crippen LogP contribution is -2.28. The van der Waals surface area contributed by atoms with Gasteiger partial charge in [0.05, 0.1) is 5.56 Å². The first-order valence-electron chi connectivity index (χ1n) is 6.94. The van der Waals surface area contributed by atoms with Crippen LogP contribution in [0.5, 0.6) is 11.5 Å². The van der Waals surface area contributed by atoms with Crippen LogP contribution >= 0.6 is 0 Å². The highest BCUT2D eigenvalue weighted by molar-refractivity contribution is 7.88. The van der Waals surface area contributed by atoms with Crippen LogP contribution in [0.25, 0.3) is 0 Å². The van der Waals surface area contributed by atoms with Gasteiger partial charge in [-0.2, -0.15) is 21.6 Å². The van der Waals surface area contributed by atoms with E-state index in [1.165, 1.54) is 36.4 Å². The molecule has 0 fully saturated rings. The summed E-state index contributed by atoms with van der Waals surface area (Å²) in [5, 5.41) is 0. The van der Waals surface area contributed by atoms with Crippen LogP contribution in [0.4, 0.5) is 13.2 Å². The first kappa shape index (κ1) is 19.4. The van der Waals surface area contributed by atoms with Gasteiger partial charge in [0.1, 0.15) is 5.75 Å². The molecule has 0 N–H and O–H groups in total. The molecule has 10 heteroatoms. The van der Waals surface area contributed by atoms with Crippen LogP contribution in [0.15, 0.2) is 48.5 Å². The monoisotopic (exact) mass is 388 g/mol. The molecule has 2 aromatic rings. The minimum absolute atomic E-state index is 0.0378. The van der Waals surface area contributed by atoms with Crippen molar-refractivity contribution >= 4 is 21.9 Å². The summed E-state index contributed by atoms with van der Waals surface area (Å²) in [5.74, 6) is -2.17. The van der Waals surface area contributed by atoms with Gasteiger partial charge in [-0.15, -0.1) is 0 Å². The van der Waals surface area contributed by atoms with Crippen LogP contribution < -0.4 is 8.92 Å². The quantitative estimate of drug-likeness (QED) is 0.257. The molecule has 2 aromatic carbocycles. The minimum Gasteiger partial charge on any atom is -0.427 e. The predicted molar refractivity (Wildman–Crippen MR) is 83.2 cm³/mol. The molecule has 0 spiro atoms. The first-order chi connectivity index (χ1) is 12.0. The van der Waals surface area contributed by atoms with Crippen molar-refractivity contribution in [1.29, 1.82) is 0 Å². The van der Waals surface area contributed by atoms with Gasteiger partial charge < -0.3 is 8.92 Å². The van der Waals surface area contributed by atoms with Gasteiger partial charge >= 0.3 is 21.6 Å². The second kappa shape index (κ2) is 7.16. The molecule has 0 heterocycles. The third-order valence-corrected chi connectivity index (χ3v) is 3.94. The van der Waals surface area contributed by atoms with Crippen LogP contribution in [-0.2, 0) is 14.9 Å². The number of hydrogen-bond acceptors (Lipinski definition) is 6. The molecular formula is C16H11F3O6S. The van der Waals surface area contributed by atoms with Gasteiger partial charge in [-0.25, -0.2) is 0 Å². The summed E-state index contributed by atoms with van der Waals surface area (Å²) in [7, 11) is -5.93. The van der Waals surface area contributed by atoms with E-state index in [2.05, 4.69) is 4.18 Å². The van der Waals surface area contributed by atoms with E-state index in [1.807, 2.05) is 0 Å². The second-order valence-electron chi connectivity index (χ2n) is 4.93. The Morgan fingerprint density at radius 3 is 2.27 bits per heavy atom. The molecule has 26 heavy (non-hydrogen) atoms. The van der Waals surface area contributed by atoms with Crippen LogP contribution in [0.2, 0.25) is 0 Å². The van der Waals surface area contributed by atoms with Crippen molar-refractivity contribution in [3.05, 3.63) is 59.7 Å². The molecule has 2 rings (SSSR count). The summed E-state index contributed by atoms with van der Waals surface area (Å²) in [6.45, 7) is 1.15. The zero-order chi connectivity index (χ0) is 19.5. The summed E-state index contributed by atoms with van der Waals surface area (Å²) >= 11 is 0. The zero-order valence-electron chi connectivity index (χ0n) is 13.1. The number of benzene rings is 2. The van der Waals surface area contributed by atoms with Crippen molar-refractivity contribution in [3.8, 4) is 11.5 Å². The molecular weight excluding hydrogens is 377 g/mol. The van der Waals surface area contributed by atoms with E-state index in [-0.39, 0.29) is 11.3 Å². The number of carbonyl (C=O) groups excluding carboxylic acids is 2. The van der Waals surface area contributed by atoms with Crippen molar-refractivity contribution in [1.82, 2.24) is 0 Å². The molecule has 0 saturated carbocycles. The van der Waals surface area contributed by atoms with Gasteiger partial charge in [0, 0.05) is 12.5 Å². The van der Waals surface area contributed by atoms with Crippen molar-refractivity contribution in [2.24, 2.45) is 0 Å². The fourth-order valence-electron chi connectivity index (χ4n) is 1.91. The standard InChI is InChI=1S/C16H11F3O6S/c1-10(20)24-12-6-4-5-11(9-12)15(21)13-7-2-3-8-14(13)25-26(22,23)16(17,18)19/h2-9H,1H3. The second-order valence-corrected chi connectivity index (χ2v) is 6.47. The predicted octanol–water partition coefficient (Wildman–Crippen LogP) is 3.07. The number of rotatable bonds is 5. The van der Waals surface area contributed by atoms with Gasteiger partial charge in [0.2, 0.25) is 0 Å². The highest BCUT2D eigenvalue weighted by Gasteiger charge is 2.48. The lowest BCUT2D eigenvalue weighted by molar-refractivity contribution is -0.131. The summed E-state index contributed by atoms with van der Waals surface area (Å²) < 4.78 is 68.8. The van der Waals surface area contributed by atoms with E-state index in [1.54, 1.807) is 0 Å². The molecule has 6 nitrogen and oxygen atoms in total. The van der Waals surface area contributed by atoms with E-state index in [9.17, 15) is 31.2 Å². The van der Waals surface area contributed by atoms with Crippen molar-refractivity contribution in [2.45, 2.75) is 12.4 Å². The van der Waals surface area contributed by atoms with E-state index in [0.29, 0.717) is 0 Å². The number of halogens is 3.